The number of anilines is 2. The lowest BCUT2D eigenvalue weighted by molar-refractivity contribution is -0.144. The van der Waals surface area contributed by atoms with Crippen molar-refractivity contribution in [1.29, 1.82) is 0 Å². The molecule has 3 N–H and O–H groups in total. The molecule has 0 aliphatic carbocycles. The highest BCUT2D eigenvalue weighted by molar-refractivity contribution is 6.36. The number of rotatable bonds is 3. The number of amides is 2. The van der Waals surface area contributed by atoms with Crippen LogP contribution in [0.2, 0.25) is 0 Å². The monoisotopic (exact) mass is 379 g/mol. The molecule has 1 aliphatic heterocycles. The van der Waals surface area contributed by atoms with Crippen LogP contribution in [0.15, 0.2) is 30.6 Å². The number of alkyl halides is 3. The lowest BCUT2D eigenvalue weighted by Crippen LogP contribution is -2.33. The van der Waals surface area contributed by atoms with E-state index in [9.17, 15) is 18.0 Å². The lowest BCUT2D eigenvalue weighted by atomic mass is 9.90. The minimum absolute atomic E-state index is 0.0374. The van der Waals surface area contributed by atoms with E-state index in [0.29, 0.717) is 12.3 Å². The van der Waals surface area contributed by atoms with Gasteiger partial charge in [0.1, 0.15) is 7.85 Å². The van der Waals surface area contributed by atoms with Crippen molar-refractivity contribution >= 4 is 30.7 Å². The molecule has 0 bridgehead atoms. The quantitative estimate of drug-likeness (QED) is 0.695. The molecule has 11 heteroatoms. The Morgan fingerprint density at radius 1 is 1.26 bits per heavy atom. The van der Waals surface area contributed by atoms with E-state index in [1.165, 1.54) is 0 Å². The number of morpholine rings is 1. The fourth-order valence-corrected chi connectivity index (χ4v) is 2.63. The number of urea groups is 1. The first kappa shape index (κ1) is 19.1. The topological polar surface area (TPSA) is 88.2 Å². The van der Waals surface area contributed by atoms with Gasteiger partial charge in [0.15, 0.2) is 0 Å². The molecule has 1 saturated heterocycles. The van der Waals surface area contributed by atoms with Gasteiger partial charge in [-0.2, -0.15) is 13.2 Å². The van der Waals surface area contributed by atoms with Crippen LogP contribution in [0.5, 0.6) is 0 Å². The molecule has 2 heterocycles. The van der Waals surface area contributed by atoms with Crippen LogP contribution in [0.1, 0.15) is 17.5 Å². The van der Waals surface area contributed by atoms with E-state index in [1.54, 1.807) is 6.07 Å². The number of carbonyl (C=O) groups excluding carboxylic acids is 1. The van der Waals surface area contributed by atoms with Crippen LogP contribution in [0.25, 0.3) is 0 Å². The van der Waals surface area contributed by atoms with Gasteiger partial charge in [-0.1, -0.05) is 17.6 Å². The van der Waals surface area contributed by atoms with Crippen molar-refractivity contribution < 1.29 is 22.7 Å². The molecule has 2 amide bonds. The Balaban J connectivity index is 1.62. The summed E-state index contributed by atoms with van der Waals surface area (Å²) < 4.78 is 43.0. The summed E-state index contributed by atoms with van der Waals surface area (Å²) in [7, 11) is 1.84. The zero-order valence-electron chi connectivity index (χ0n) is 14.4. The number of nitrogens with one attached hydrogen (secondary N) is 3. The Bertz CT molecular complexity index is 811. The van der Waals surface area contributed by atoms with E-state index in [4.69, 9.17) is 4.74 Å². The van der Waals surface area contributed by atoms with Gasteiger partial charge in [0.25, 0.3) is 0 Å². The molecular formula is C16H17BF3N5O2. The van der Waals surface area contributed by atoms with Crippen LogP contribution < -0.4 is 21.4 Å². The van der Waals surface area contributed by atoms with Crippen LogP contribution in [0.4, 0.5) is 29.3 Å². The molecule has 2 aromatic rings. The molecule has 1 atom stereocenters. The molecule has 0 spiro atoms. The highest BCUT2D eigenvalue weighted by atomic mass is 19.4. The lowest BCUT2D eigenvalue weighted by Gasteiger charge is -2.24. The Kier molecular flexibility index (Phi) is 5.61. The summed E-state index contributed by atoms with van der Waals surface area (Å²) in [6.45, 7) is 2.19. The minimum Gasteiger partial charge on any atom is -0.371 e. The fraction of sp³-hybridized carbons (Fsp3) is 0.312. The summed E-state index contributed by atoms with van der Waals surface area (Å²) in [5.41, 5.74) is 2.46. The number of hydrogen-bond acceptors (Lipinski definition) is 5. The number of benzene rings is 1. The number of halogens is 3. The zero-order chi connectivity index (χ0) is 19.4. The molecule has 1 aromatic heterocycles. The minimum atomic E-state index is -4.63. The van der Waals surface area contributed by atoms with Crippen LogP contribution in [-0.4, -0.2) is 43.5 Å². The summed E-state index contributed by atoms with van der Waals surface area (Å²) in [5.74, 6) is -1.26. The van der Waals surface area contributed by atoms with Gasteiger partial charge in [0.2, 0.25) is 5.82 Å². The van der Waals surface area contributed by atoms with Gasteiger partial charge in [0.05, 0.1) is 30.8 Å². The Morgan fingerprint density at radius 2 is 2.00 bits per heavy atom. The van der Waals surface area contributed by atoms with Crippen molar-refractivity contribution in [3.05, 3.63) is 42.0 Å². The molecule has 1 aliphatic rings. The first-order valence-corrected chi connectivity index (χ1v) is 8.23. The molecule has 27 heavy (non-hydrogen) atoms. The smallest absolute Gasteiger partial charge is 0.371 e. The van der Waals surface area contributed by atoms with Crippen LogP contribution in [0, 0.1) is 0 Å². The van der Waals surface area contributed by atoms with E-state index in [1.807, 2.05) is 20.0 Å². The van der Waals surface area contributed by atoms with Crippen molar-refractivity contribution in [2.75, 3.05) is 30.3 Å². The second kappa shape index (κ2) is 7.93. The van der Waals surface area contributed by atoms with E-state index >= 15 is 0 Å². The average molecular weight is 379 g/mol. The summed E-state index contributed by atoms with van der Waals surface area (Å²) in [6, 6.07) is 4.94. The van der Waals surface area contributed by atoms with Crippen molar-refractivity contribution in [2.24, 2.45) is 0 Å². The first-order chi connectivity index (χ1) is 12.8. The van der Waals surface area contributed by atoms with Crippen molar-refractivity contribution in [1.82, 2.24) is 15.3 Å². The third-order valence-corrected chi connectivity index (χ3v) is 3.96. The molecule has 1 fully saturated rings. The van der Waals surface area contributed by atoms with E-state index in [2.05, 4.69) is 25.9 Å². The van der Waals surface area contributed by atoms with Crippen LogP contribution >= 0.6 is 0 Å². The Morgan fingerprint density at radius 3 is 2.59 bits per heavy atom. The van der Waals surface area contributed by atoms with Gasteiger partial charge in [-0.15, -0.1) is 0 Å². The number of carbonyl (C=O) groups is 1. The SMILES string of the molecule is Bc1cc([C@@H]2CNCCO2)ccc1NC(=O)Nc1cnc(C(F)(F)F)nc1. The largest absolute Gasteiger partial charge is 0.451 e. The third-order valence-electron chi connectivity index (χ3n) is 3.96. The Labute approximate surface area is 154 Å². The second-order valence-electron chi connectivity index (χ2n) is 6.01. The second-order valence-corrected chi connectivity index (χ2v) is 6.01. The normalized spacial score (nSPS) is 17.4. The number of hydrogen-bond donors (Lipinski definition) is 3. The molecule has 142 valence electrons. The number of aromatic nitrogens is 2. The van der Waals surface area contributed by atoms with Crippen molar-refractivity contribution in [3.63, 3.8) is 0 Å². The van der Waals surface area contributed by atoms with Crippen LogP contribution in [-0.2, 0) is 10.9 Å². The van der Waals surface area contributed by atoms with Gasteiger partial charge >= 0.3 is 12.2 Å². The first-order valence-electron chi connectivity index (χ1n) is 8.23. The maximum Gasteiger partial charge on any atom is 0.451 e. The maximum absolute atomic E-state index is 12.4. The summed E-state index contributed by atoms with van der Waals surface area (Å²) in [5, 5.41) is 8.30. The average Bonchev–Trinajstić information content (AvgIpc) is 2.64. The van der Waals surface area contributed by atoms with E-state index in [-0.39, 0.29) is 11.8 Å². The molecule has 1 aromatic carbocycles. The van der Waals surface area contributed by atoms with Crippen molar-refractivity contribution in [2.45, 2.75) is 12.3 Å². The summed E-state index contributed by atoms with van der Waals surface area (Å²) in [4.78, 5) is 18.5. The van der Waals surface area contributed by atoms with Crippen LogP contribution in [0.3, 0.4) is 0 Å². The number of nitrogens with zero attached hydrogens (tertiary/aromatic N) is 2. The highest BCUT2D eigenvalue weighted by Crippen LogP contribution is 2.25. The van der Waals surface area contributed by atoms with Gasteiger partial charge in [-0.3, -0.25) is 0 Å². The molecule has 0 unspecified atom stereocenters. The van der Waals surface area contributed by atoms with E-state index in [0.717, 1.165) is 36.5 Å². The highest BCUT2D eigenvalue weighted by Gasteiger charge is 2.34. The maximum atomic E-state index is 12.4. The van der Waals surface area contributed by atoms with Crippen molar-refractivity contribution in [3.8, 4) is 0 Å². The standard InChI is InChI=1S/C16H17BF3N5O2/c17-11-5-9(13-8-21-3-4-27-13)1-2-12(11)25-15(26)24-10-6-22-14(23-7-10)16(18,19)20/h1-2,5-7,13,21H,3-4,8,17H2,(H2,24,25,26)/t13-/m0/s1. The van der Waals surface area contributed by atoms with E-state index < -0.39 is 18.0 Å². The fourth-order valence-electron chi connectivity index (χ4n) is 2.63. The third kappa shape index (κ3) is 4.95. The summed E-state index contributed by atoms with van der Waals surface area (Å²) in [6.07, 6.45) is -2.86. The van der Waals surface area contributed by atoms with Gasteiger partial charge < -0.3 is 20.7 Å². The summed E-state index contributed by atoms with van der Waals surface area (Å²) >= 11 is 0. The molecule has 0 saturated carbocycles. The molecule has 0 radical (unpaired) electrons. The zero-order valence-corrected chi connectivity index (χ0v) is 14.4. The number of ether oxygens (including phenoxy) is 1. The predicted molar refractivity (Wildman–Crippen MR) is 95.9 cm³/mol. The molecule has 7 nitrogen and oxygen atoms in total. The molecular weight excluding hydrogens is 362 g/mol. The molecule has 3 rings (SSSR count). The Hall–Kier alpha value is -2.66. The van der Waals surface area contributed by atoms with Gasteiger partial charge in [0, 0.05) is 18.8 Å². The predicted octanol–water partition coefficient (Wildman–Crippen LogP) is 1.06. The van der Waals surface area contributed by atoms with Gasteiger partial charge in [-0.05, 0) is 11.6 Å². The van der Waals surface area contributed by atoms with Gasteiger partial charge in [-0.25, -0.2) is 14.8 Å².